The van der Waals surface area contributed by atoms with Crippen molar-refractivity contribution in [3.63, 3.8) is 0 Å². The van der Waals surface area contributed by atoms with Crippen LogP contribution in [0.1, 0.15) is 25.6 Å². The van der Waals surface area contributed by atoms with E-state index in [9.17, 15) is 4.79 Å². The van der Waals surface area contributed by atoms with Gasteiger partial charge in [0.2, 0.25) is 0 Å². The monoisotopic (exact) mass is 245 g/mol. The molecule has 2 aromatic heterocycles. The fraction of sp³-hybridized carbons (Fsp3) is 0.333. The summed E-state index contributed by atoms with van der Waals surface area (Å²) < 4.78 is 1.63. The van der Waals surface area contributed by atoms with Gasteiger partial charge in [0, 0.05) is 24.6 Å². The van der Waals surface area contributed by atoms with E-state index in [0.29, 0.717) is 12.4 Å². The maximum absolute atomic E-state index is 12.0. The molecule has 0 saturated carbocycles. The Hall–Kier alpha value is -2.24. The van der Waals surface area contributed by atoms with Crippen LogP contribution < -0.4 is 10.9 Å². The van der Waals surface area contributed by atoms with Gasteiger partial charge in [0.25, 0.3) is 5.56 Å². The Kier molecular flexibility index (Phi) is 3.66. The molecule has 2 aromatic rings. The first-order valence-corrected chi connectivity index (χ1v) is 5.74. The van der Waals surface area contributed by atoms with Crippen molar-refractivity contribution in [2.75, 3.05) is 5.32 Å². The van der Waals surface area contributed by atoms with E-state index < -0.39 is 0 Å². The largest absolute Gasteiger partial charge is 0.360 e. The Balaban J connectivity index is 2.15. The van der Waals surface area contributed by atoms with Gasteiger partial charge in [-0.1, -0.05) is 0 Å². The number of hydrogen-bond donors (Lipinski definition) is 1. The van der Waals surface area contributed by atoms with Crippen molar-refractivity contribution in [2.45, 2.75) is 26.4 Å². The molecule has 2 rings (SSSR count). The molecule has 0 fully saturated rings. The average Bonchev–Trinajstić information content (AvgIpc) is 2.38. The highest BCUT2D eigenvalue weighted by Crippen LogP contribution is 2.02. The third-order valence-corrected chi connectivity index (χ3v) is 2.50. The minimum absolute atomic E-state index is 0.111. The summed E-state index contributed by atoms with van der Waals surface area (Å²) in [5.41, 5.74) is 0.688. The second-order valence-corrected chi connectivity index (χ2v) is 4.14. The molecule has 0 aliphatic carbocycles. The van der Waals surface area contributed by atoms with Crippen LogP contribution in [0.2, 0.25) is 0 Å². The summed E-state index contributed by atoms with van der Waals surface area (Å²) in [5, 5.41) is 2.99. The Morgan fingerprint density at radius 2 is 2.17 bits per heavy atom. The fourth-order valence-corrected chi connectivity index (χ4v) is 1.55. The Morgan fingerprint density at radius 1 is 1.33 bits per heavy atom. The molecule has 0 unspecified atom stereocenters. The second kappa shape index (κ2) is 5.39. The molecule has 0 spiro atoms. The second-order valence-electron chi connectivity index (χ2n) is 4.14. The predicted molar refractivity (Wildman–Crippen MR) is 68.2 cm³/mol. The van der Waals surface area contributed by atoms with E-state index in [1.165, 1.54) is 6.33 Å². The average molecular weight is 245 g/mol. The molecular weight excluding hydrogens is 230 g/mol. The predicted octanol–water partition coefficient (Wildman–Crippen LogP) is 1.23. The van der Waals surface area contributed by atoms with Crippen LogP contribution >= 0.6 is 0 Å². The van der Waals surface area contributed by atoms with Crippen molar-refractivity contribution >= 4 is 5.82 Å². The topological polar surface area (TPSA) is 72.7 Å². The number of nitrogens with one attached hydrogen (secondary N) is 1. The Labute approximate surface area is 105 Å². The van der Waals surface area contributed by atoms with E-state index in [2.05, 4.69) is 20.3 Å². The number of rotatable bonds is 4. The highest BCUT2D eigenvalue weighted by molar-refractivity contribution is 5.31. The fourth-order valence-electron chi connectivity index (χ4n) is 1.55. The summed E-state index contributed by atoms with van der Waals surface area (Å²) in [5.74, 6) is 0.338. The lowest BCUT2D eigenvalue weighted by atomic mass is 10.3. The molecule has 0 amide bonds. The number of aromatic nitrogens is 4. The van der Waals surface area contributed by atoms with E-state index in [-0.39, 0.29) is 11.6 Å². The molecule has 1 N–H and O–H groups in total. The zero-order valence-corrected chi connectivity index (χ0v) is 10.4. The van der Waals surface area contributed by atoms with Gasteiger partial charge >= 0.3 is 0 Å². The van der Waals surface area contributed by atoms with Crippen LogP contribution in [-0.2, 0) is 6.54 Å². The van der Waals surface area contributed by atoms with Gasteiger partial charge in [-0.05, 0) is 19.9 Å². The maximum atomic E-state index is 12.0. The molecule has 94 valence electrons. The van der Waals surface area contributed by atoms with Crippen molar-refractivity contribution in [2.24, 2.45) is 0 Å². The van der Waals surface area contributed by atoms with Gasteiger partial charge in [0.1, 0.15) is 6.33 Å². The van der Waals surface area contributed by atoms with Crippen molar-refractivity contribution in [3.05, 3.63) is 47.0 Å². The van der Waals surface area contributed by atoms with Crippen LogP contribution in [0.4, 0.5) is 5.82 Å². The number of nitrogens with zero attached hydrogens (tertiary/aromatic N) is 4. The number of anilines is 1. The summed E-state index contributed by atoms with van der Waals surface area (Å²) in [4.78, 5) is 24.0. The summed E-state index contributed by atoms with van der Waals surface area (Å²) in [6.45, 7) is 4.36. The van der Waals surface area contributed by atoms with E-state index in [4.69, 9.17) is 0 Å². The Bertz CT molecular complexity index is 564. The van der Waals surface area contributed by atoms with Gasteiger partial charge in [-0.15, -0.1) is 0 Å². The normalized spacial score (nSPS) is 10.6. The molecular formula is C12H15N5O. The zero-order chi connectivity index (χ0) is 13.0. The first kappa shape index (κ1) is 12.2. The molecule has 0 aliphatic heterocycles. The van der Waals surface area contributed by atoms with Gasteiger partial charge < -0.3 is 9.88 Å². The minimum atomic E-state index is -0.124. The van der Waals surface area contributed by atoms with Gasteiger partial charge in [-0.25, -0.2) is 15.0 Å². The molecule has 2 heterocycles. The quantitative estimate of drug-likeness (QED) is 0.877. The van der Waals surface area contributed by atoms with Gasteiger partial charge in [0.05, 0.1) is 12.2 Å². The molecule has 0 saturated heterocycles. The molecule has 0 bridgehead atoms. The lowest BCUT2D eigenvalue weighted by molar-refractivity contribution is 0.575. The molecule has 0 aliphatic rings. The van der Waals surface area contributed by atoms with Crippen molar-refractivity contribution in [1.29, 1.82) is 0 Å². The molecule has 6 nitrogen and oxygen atoms in total. The van der Waals surface area contributed by atoms with Crippen LogP contribution in [0.25, 0.3) is 0 Å². The van der Waals surface area contributed by atoms with Gasteiger partial charge in [-0.2, -0.15) is 0 Å². The third-order valence-electron chi connectivity index (χ3n) is 2.50. The summed E-state index contributed by atoms with van der Waals surface area (Å²) in [6.07, 6.45) is 6.43. The minimum Gasteiger partial charge on any atom is -0.360 e. The first-order valence-electron chi connectivity index (χ1n) is 5.74. The SMILES string of the molecule is CC(C)n1ccnc(NCc2ccncn2)c1=O. The van der Waals surface area contributed by atoms with Gasteiger partial charge in [-0.3, -0.25) is 4.79 Å². The van der Waals surface area contributed by atoms with Crippen LogP contribution in [0.5, 0.6) is 0 Å². The van der Waals surface area contributed by atoms with E-state index in [1.807, 2.05) is 13.8 Å². The smallest absolute Gasteiger partial charge is 0.293 e. The number of hydrogen-bond acceptors (Lipinski definition) is 5. The summed E-state index contributed by atoms with van der Waals surface area (Å²) in [6, 6.07) is 1.90. The Morgan fingerprint density at radius 3 is 2.83 bits per heavy atom. The third kappa shape index (κ3) is 2.71. The highest BCUT2D eigenvalue weighted by atomic mass is 16.1. The summed E-state index contributed by atoms with van der Waals surface area (Å²) >= 11 is 0. The van der Waals surface area contributed by atoms with Crippen LogP contribution in [-0.4, -0.2) is 19.5 Å². The van der Waals surface area contributed by atoms with E-state index in [0.717, 1.165) is 5.69 Å². The van der Waals surface area contributed by atoms with Crippen LogP contribution in [0.15, 0.2) is 35.8 Å². The highest BCUT2D eigenvalue weighted by Gasteiger charge is 2.06. The molecule has 18 heavy (non-hydrogen) atoms. The van der Waals surface area contributed by atoms with Crippen LogP contribution in [0.3, 0.4) is 0 Å². The lowest BCUT2D eigenvalue weighted by Gasteiger charge is -2.11. The van der Waals surface area contributed by atoms with Gasteiger partial charge in [0.15, 0.2) is 5.82 Å². The standard InChI is InChI=1S/C12H15N5O/c1-9(2)17-6-5-14-11(12(17)18)15-7-10-3-4-13-8-16-10/h3-6,8-9H,7H2,1-2H3,(H,14,15). The molecule has 6 heteroatoms. The maximum Gasteiger partial charge on any atom is 0.293 e. The van der Waals surface area contributed by atoms with E-state index >= 15 is 0 Å². The molecule has 0 aromatic carbocycles. The lowest BCUT2D eigenvalue weighted by Crippen LogP contribution is -2.25. The van der Waals surface area contributed by atoms with Crippen molar-refractivity contribution in [3.8, 4) is 0 Å². The van der Waals surface area contributed by atoms with Crippen molar-refractivity contribution in [1.82, 2.24) is 19.5 Å². The van der Waals surface area contributed by atoms with Crippen molar-refractivity contribution < 1.29 is 0 Å². The van der Waals surface area contributed by atoms with E-state index in [1.54, 1.807) is 29.2 Å². The zero-order valence-electron chi connectivity index (χ0n) is 10.4. The molecule has 0 radical (unpaired) electrons. The summed E-state index contributed by atoms with van der Waals surface area (Å²) in [7, 11) is 0. The molecule has 0 atom stereocenters. The van der Waals surface area contributed by atoms with Crippen LogP contribution in [0, 0.1) is 0 Å². The first-order chi connectivity index (χ1) is 8.68.